The van der Waals surface area contributed by atoms with Gasteiger partial charge in [0.15, 0.2) is 5.82 Å². The van der Waals surface area contributed by atoms with E-state index in [2.05, 4.69) is 27.4 Å². The second kappa shape index (κ2) is 9.73. The van der Waals surface area contributed by atoms with E-state index in [-0.39, 0.29) is 12.0 Å². The van der Waals surface area contributed by atoms with Gasteiger partial charge in [0.2, 0.25) is 5.95 Å². The molecule has 2 N–H and O–H groups in total. The molecule has 2 saturated carbocycles. The molecule has 0 amide bonds. The molecule has 28 heavy (non-hydrogen) atoms. The minimum absolute atomic E-state index is 0.0975. The summed E-state index contributed by atoms with van der Waals surface area (Å²) in [5.74, 6) is 0.725. The van der Waals surface area contributed by atoms with Gasteiger partial charge in [-0.1, -0.05) is 31.0 Å². The fourth-order valence-corrected chi connectivity index (χ4v) is 3.99. The summed E-state index contributed by atoms with van der Waals surface area (Å²) in [6.07, 6.45) is 9.70. The van der Waals surface area contributed by atoms with Crippen LogP contribution in [0.4, 0.5) is 10.3 Å². The van der Waals surface area contributed by atoms with Crippen molar-refractivity contribution in [2.75, 3.05) is 12.4 Å². The van der Waals surface area contributed by atoms with Crippen molar-refractivity contribution in [2.45, 2.75) is 56.9 Å². The van der Waals surface area contributed by atoms with Gasteiger partial charge in [-0.15, -0.1) is 0 Å². The van der Waals surface area contributed by atoms with Crippen molar-refractivity contribution in [1.82, 2.24) is 9.97 Å². The standard InChI is InChI=1S/C21H24FN3O.CH4O/c22-19-12-23-21(24-18-9-1-4-14(10-18)13-26)25-20(19)17-8-3-7-16(11-17)15-5-2-6-15;1-2/h3,7-8,11-15,18H,1-2,4-6,9-10H2,(H,23,24,25);2H,1H3. The number of nitrogens with one attached hydrogen (secondary N) is 1. The molecule has 2 fully saturated rings. The van der Waals surface area contributed by atoms with Crippen molar-refractivity contribution < 1.29 is 14.3 Å². The highest BCUT2D eigenvalue weighted by atomic mass is 19.1. The zero-order chi connectivity index (χ0) is 19.9. The maximum Gasteiger partial charge on any atom is 0.223 e. The van der Waals surface area contributed by atoms with Crippen LogP contribution in [-0.2, 0) is 4.79 Å². The van der Waals surface area contributed by atoms with Crippen LogP contribution in [-0.4, -0.2) is 34.5 Å². The Hall–Kier alpha value is -2.34. The van der Waals surface area contributed by atoms with Gasteiger partial charge in [0.1, 0.15) is 12.0 Å². The Morgan fingerprint density at radius 3 is 2.68 bits per heavy atom. The van der Waals surface area contributed by atoms with E-state index in [9.17, 15) is 9.18 Å². The van der Waals surface area contributed by atoms with Gasteiger partial charge in [0.05, 0.1) is 6.20 Å². The largest absolute Gasteiger partial charge is 0.400 e. The van der Waals surface area contributed by atoms with Crippen molar-refractivity contribution in [1.29, 1.82) is 0 Å². The van der Waals surface area contributed by atoms with Gasteiger partial charge in [-0.3, -0.25) is 0 Å². The third-order valence-electron chi connectivity index (χ3n) is 5.72. The maximum atomic E-state index is 14.4. The minimum atomic E-state index is -0.407. The topological polar surface area (TPSA) is 75.1 Å². The summed E-state index contributed by atoms with van der Waals surface area (Å²) in [7, 11) is 1.00. The molecule has 0 radical (unpaired) electrons. The maximum absolute atomic E-state index is 14.4. The lowest BCUT2D eigenvalue weighted by Crippen LogP contribution is -2.28. The van der Waals surface area contributed by atoms with Gasteiger partial charge in [0.25, 0.3) is 0 Å². The SMILES string of the molecule is CO.O=CC1CCCC(Nc2ncc(F)c(-c3cccc(C4CCC4)c3)n2)C1. The predicted molar refractivity (Wildman–Crippen MR) is 108 cm³/mol. The van der Waals surface area contributed by atoms with Crippen LogP contribution in [0.5, 0.6) is 0 Å². The van der Waals surface area contributed by atoms with Gasteiger partial charge in [0, 0.05) is 24.6 Å². The number of benzene rings is 1. The molecule has 150 valence electrons. The van der Waals surface area contributed by atoms with E-state index in [0.29, 0.717) is 17.6 Å². The van der Waals surface area contributed by atoms with Gasteiger partial charge in [-0.2, -0.15) is 0 Å². The first-order valence-electron chi connectivity index (χ1n) is 10.0. The van der Waals surface area contributed by atoms with Crippen LogP contribution in [0.3, 0.4) is 0 Å². The summed E-state index contributed by atoms with van der Waals surface area (Å²) >= 11 is 0. The van der Waals surface area contributed by atoms with Crippen molar-refractivity contribution in [3.63, 3.8) is 0 Å². The van der Waals surface area contributed by atoms with E-state index in [0.717, 1.165) is 44.6 Å². The average molecular weight is 385 g/mol. The molecule has 6 heteroatoms. The summed E-state index contributed by atoms with van der Waals surface area (Å²) < 4.78 is 14.4. The number of halogens is 1. The number of rotatable bonds is 5. The highest BCUT2D eigenvalue weighted by Crippen LogP contribution is 2.37. The quantitative estimate of drug-likeness (QED) is 0.750. The van der Waals surface area contributed by atoms with Crippen LogP contribution in [0.2, 0.25) is 0 Å². The molecule has 2 atom stereocenters. The van der Waals surface area contributed by atoms with E-state index >= 15 is 0 Å². The monoisotopic (exact) mass is 385 g/mol. The van der Waals surface area contributed by atoms with Gasteiger partial charge in [-0.25, -0.2) is 14.4 Å². The predicted octanol–water partition coefficient (Wildman–Crippen LogP) is 4.33. The molecule has 2 aliphatic carbocycles. The van der Waals surface area contributed by atoms with Crippen molar-refractivity contribution in [3.05, 3.63) is 41.8 Å². The Balaban J connectivity index is 0.00000109. The lowest BCUT2D eigenvalue weighted by Gasteiger charge is -2.27. The van der Waals surface area contributed by atoms with Crippen LogP contribution in [0.1, 0.15) is 56.4 Å². The Bertz CT molecular complexity index is 795. The smallest absolute Gasteiger partial charge is 0.223 e. The van der Waals surface area contributed by atoms with Crippen molar-refractivity contribution in [2.24, 2.45) is 5.92 Å². The van der Waals surface area contributed by atoms with Crippen molar-refractivity contribution >= 4 is 12.2 Å². The second-order valence-corrected chi connectivity index (χ2v) is 7.55. The molecule has 2 aliphatic rings. The summed E-state index contributed by atoms with van der Waals surface area (Å²) in [5.41, 5.74) is 2.40. The first-order chi connectivity index (χ1) is 13.7. The van der Waals surface area contributed by atoms with Gasteiger partial charge >= 0.3 is 0 Å². The first kappa shape index (κ1) is 20.4. The van der Waals surface area contributed by atoms with Crippen molar-refractivity contribution in [3.8, 4) is 11.3 Å². The Labute approximate surface area is 165 Å². The highest BCUT2D eigenvalue weighted by molar-refractivity contribution is 5.62. The summed E-state index contributed by atoms with van der Waals surface area (Å²) in [5, 5.41) is 10.3. The third-order valence-corrected chi connectivity index (χ3v) is 5.72. The van der Waals surface area contributed by atoms with Crippen LogP contribution >= 0.6 is 0 Å². The molecule has 0 saturated heterocycles. The Kier molecular flexibility index (Phi) is 7.09. The first-order valence-corrected chi connectivity index (χ1v) is 10.0. The zero-order valence-electron chi connectivity index (χ0n) is 16.3. The van der Waals surface area contributed by atoms with Crippen LogP contribution in [0, 0.1) is 11.7 Å². The van der Waals surface area contributed by atoms with Crippen LogP contribution in [0.25, 0.3) is 11.3 Å². The number of carbonyl (C=O) groups is 1. The molecule has 5 nitrogen and oxygen atoms in total. The highest BCUT2D eigenvalue weighted by Gasteiger charge is 2.23. The molecule has 1 aromatic carbocycles. The second-order valence-electron chi connectivity index (χ2n) is 7.55. The zero-order valence-corrected chi connectivity index (χ0v) is 16.3. The third kappa shape index (κ3) is 4.73. The fourth-order valence-electron chi connectivity index (χ4n) is 3.99. The summed E-state index contributed by atoms with van der Waals surface area (Å²) in [6, 6.07) is 8.22. The minimum Gasteiger partial charge on any atom is -0.400 e. The number of hydrogen-bond acceptors (Lipinski definition) is 5. The van der Waals surface area contributed by atoms with E-state index in [4.69, 9.17) is 5.11 Å². The van der Waals surface area contributed by atoms with E-state index < -0.39 is 5.82 Å². The van der Waals surface area contributed by atoms with Gasteiger partial charge < -0.3 is 15.2 Å². The summed E-state index contributed by atoms with van der Waals surface area (Å²) in [6.45, 7) is 0. The lowest BCUT2D eigenvalue weighted by molar-refractivity contribution is -0.111. The molecule has 1 heterocycles. The number of nitrogens with zero attached hydrogens (tertiary/aromatic N) is 2. The number of anilines is 1. The van der Waals surface area contributed by atoms with Crippen LogP contribution in [0.15, 0.2) is 30.5 Å². The normalized spacial score (nSPS) is 21.8. The summed E-state index contributed by atoms with van der Waals surface area (Å²) in [4.78, 5) is 19.6. The Morgan fingerprint density at radius 1 is 1.18 bits per heavy atom. The molecule has 0 aliphatic heterocycles. The molecule has 2 aromatic rings. The van der Waals surface area contributed by atoms with Gasteiger partial charge in [-0.05, 0) is 49.7 Å². The fraction of sp³-hybridized carbons (Fsp3) is 0.500. The lowest BCUT2D eigenvalue weighted by atomic mass is 9.79. The molecular formula is C22H28FN3O2. The average Bonchev–Trinajstić information content (AvgIpc) is 2.70. The molecule has 0 bridgehead atoms. The van der Waals surface area contributed by atoms with E-state index in [1.54, 1.807) is 0 Å². The number of aldehydes is 1. The molecular weight excluding hydrogens is 357 g/mol. The number of carbonyl (C=O) groups excluding carboxylic acids is 1. The molecule has 1 aromatic heterocycles. The van der Waals surface area contributed by atoms with E-state index in [1.165, 1.54) is 31.0 Å². The number of hydrogen-bond donors (Lipinski definition) is 2. The number of aromatic nitrogens is 2. The molecule has 0 spiro atoms. The van der Waals surface area contributed by atoms with E-state index in [1.807, 2.05) is 12.1 Å². The number of aliphatic hydroxyl groups is 1. The Morgan fingerprint density at radius 2 is 1.96 bits per heavy atom. The van der Waals surface area contributed by atoms with Crippen LogP contribution < -0.4 is 5.32 Å². The molecule has 2 unspecified atom stereocenters. The molecule has 4 rings (SSSR count). The number of aliphatic hydroxyl groups excluding tert-OH is 1.